The number of amides is 2. The van der Waals surface area contributed by atoms with Gasteiger partial charge in [0.1, 0.15) is 11.3 Å². The van der Waals surface area contributed by atoms with E-state index in [4.69, 9.17) is 14.3 Å². The van der Waals surface area contributed by atoms with Crippen molar-refractivity contribution in [3.63, 3.8) is 0 Å². The number of oxime groups is 1. The highest BCUT2D eigenvalue weighted by Gasteiger charge is 2.31. The van der Waals surface area contributed by atoms with Gasteiger partial charge in [-0.25, -0.2) is 14.6 Å². The van der Waals surface area contributed by atoms with Crippen molar-refractivity contribution in [2.45, 2.75) is 52.7 Å². The topological polar surface area (TPSA) is 128 Å². The highest BCUT2D eigenvalue weighted by Crippen LogP contribution is 2.19. The van der Waals surface area contributed by atoms with Gasteiger partial charge in [-0.3, -0.25) is 10.1 Å². The SMILES string of the molecule is CCOC(=O)/C(=N/OC(C)(C)C(=O)NC)c1csc(NC(=O)OC(C)(C)C)n1. The molecule has 0 aliphatic heterocycles. The lowest BCUT2D eigenvalue weighted by molar-refractivity contribution is -0.143. The highest BCUT2D eigenvalue weighted by atomic mass is 32.1. The number of nitrogens with one attached hydrogen (secondary N) is 2. The van der Waals surface area contributed by atoms with E-state index in [1.54, 1.807) is 27.7 Å². The number of carbonyl (C=O) groups excluding carboxylic acids is 3. The van der Waals surface area contributed by atoms with Crippen LogP contribution >= 0.6 is 11.3 Å². The van der Waals surface area contributed by atoms with E-state index >= 15 is 0 Å². The van der Waals surface area contributed by atoms with Gasteiger partial charge in [0, 0.05) is 12.4 Å². The molecule has 0 fully saturated rings. The number of likely N-dealkylation sites (N-methyl/N-ethyl adjacent to an activating group) is 1. The molecule has 0 unspecified atom stereocenters. The summed E-state index contributed by atoms with van der Waals surface area (Å²) in [5.74, 6) is -1.20. The van der Waals surface area contributed by atoms with Crippen LogP contribution in [-0.4, -0.2) is 53.5 Å². The summed E-state index contributed by atoms with van der Waals surface area (Å²) in [5, 5.41) is 10.4. The molecule has 11 heteroatoms. The molecular weight excluding hydrogens is 388 g/mol. The number of thiazole rings is 1. The molecule has 0 bridgehead atoms. The fourth-order valence-electron chi connectivity index (χ4n) is 1.72. The molecule has 0 aromatic carbocycles. The first-order chi connectivity index (χ1) is 12.9. The molecule has 0 atom stereocenters. The Bertz CT molecular complexity index is 751. The molecule has 1 rings (SSSR count). The van der Waals surface area contributed by atoms with Crippen LogP contribution in [0.15, 0.2) is 10.5 Å². The number of carbonyl (C=O) groups is 3. The lowest BCUT2D eigenvalue weighted by Gasteiger charge is -2.20. The third kappa shape index (κ3) is 7.14. The van der Waals surface area contributed by atoms with E-state index in [0.717, 1.165) is 11.3 Å². The van der Waals surface area contributed by atoms with Crippen molar-refractivity contribution >= 4 is 40.1 Å². The number of hydrogen-bond donors (Lipinski definition) is 2. The number of aromatic nitrogens is 1. The summed E-state index contributed by atoms with van der Waals surface area (Å²) in [4.78, 5) is 45.3. The van der Waals surface area contributed by atoms with Crippen molar-refractivity contribution in [1.82, 2.24) is 10.3 Å². The van der Waals surface area contributed by atoms with Gasteiger partial charge in [-0.2, -0.15) is 0 Å². The van der Waals surface area contributed by atoms with Crippen LogP contribution in [0.1, 0.15) is 47.2 Å². The molecular formula is C17H26N4O6S. The molecule has 1 heterocycles. The van der Waals surface area contributed by atoms with Gasteiger partial charge in [0.2, 0.25) is 11.3 Å². The number of anilines is 1. The van der Waals surface area contributed by atoms with Crippen molar-refractivity contribution in [1.29, 1.82) is 0 Å². The molecule has 2 N–H and O–H groups in total. The van der Waals surface area contributed by atoms with Gasteiger partial charge in [-0.1, -0.05) is 5.16 Å². The van der Waals surface area contributed by atoms with Crippen LogP contribution in [0.3, 0.4) is 0 Å². The molecule has 1 aromatic rings. The first-order valence-corrected chi connectivity index (χ1v) is 9.39. The second-order valence-electron chi connectivity index (χ2n) is 7.01. The Hall–Kier alpha value is -2.69. The van der Waals surface area contributed by atoms with Gasteiger partial charge < -0.3 is 19.6 Å². The predicted molar refractivity (Wildman–Crippen MR) is 104 cm³/mol. The molecule has 0 saturated carbocycles. The second-order valence-corrected chi connectivity index (χ2v) is 7.86. The van der Waals surface area contributed by atoms with E-state index in [1.165, 1.54) is 26.3 Å². The summed E-state index contributed by atoms with van der Waals surface area (Å²) in [5.41, 5.74) is -2.09. The maximum Gasteiger partial charge on any atom is 0.413 e. The molecule has 0 saturated heterocycles. The third-order valence-electron chi connectivity index (χ3n) is 2.96. The molecule has 0 spiro atoms. The fraction of sp³-hybridized carbons (Fsp3) is 0.588. The van der Waals surface area contributed by atoms with Crippen LogP contribution in [0.4, 0.5) is 9.93 Å². The van der Waals surface area contributed by atoms with Crippen LogP contribution in [0.2, 0.25) is 0 Å². The Morgan fingerprint density at radius 2 is 1.86 bits per heavy atom. The monoisotopic (exact) mass is 414 g/mol. The average Bonchev–Trinajstić information content (AvgIpc) is 3.00. The number of rotatable bonds is 7. The highest BCUT2D eigenvalue weighted by molar-refractivity contribution is 7.14. The standard InChI is InChI=1S/C17H26N4O6S/c1-8-25-12(22)11(21-27-17(5,6)13(23)18-7)10-9-28-14(19-10)20-15(24)26-16(2,3)4/h9H,8H2,1-7H3,(H,18,23)(H,19,20,24)/b21-11+. The zero-order valence-corrected chi connectivity index (χ0v) is 17.9. The molecule has 0 radical (unpaired) electrons. The van der Waals surface area contributed by atoms with Gasteiger partial charge in [0.15, 0.2) is 5.13 Å². The summed E-state index contributed by atoms with van der Waals surface area (Å²) in [7, 11) is 1.46. The molecule has 1 aromatic heterocycles. The Morgan fingerprint density at radius 3 is 2.39 bits per heavy atom. The van der Waals surface area contributed by atoms with Crippen LogP contribution < -0.4 is 10.6 Å². The molecule has 28 heavy (non-hydrogen) atoms. The normalized spacial score (nSPS) is 12.2. The van der Waals surface area contributed by atoms with Gasteiger partial charge in [-0.15, -0.1) is 11.3 Å². The lowest BCUT2D eigenvalue weighted by Crippen LogP contribution is -2.42. The minimum Gasteiger partial charge on any atom is -0.461 e. The Morgan fingerprint density at radius 1 is 1.21 bits per heavy atom. The summed E-state index contributed by atoms with van der Waals surface area (Å²) in [6.45, 7) is 9.94. The van der Waals surface area contributed by atoms with Crippen LogP contribution in [-0.2, 0) is 23.9 Å². The second kappa shape index (κ2) is 9.49. The molecule has 0 aliphatic rings. The van der Waals surface area contributed by atoms with Gasteiger partial charge in [-0.05, 0) is 41.5 Å². The van der Waals surface area contributed by atoms with E-state index < -0.39 is 29.2 Å². The van der Waals surface area contributed by atoms with Crippen molar-refractivity contribution in [2.75, 3.05) is 19.0 Å². The fourth-order valence-corrected chi connectivity index (χ4v) is 2.40. The van der Waals surface area contributed by atoms with E-state index in [1.807, 2.05) is 0 Å². The predicted octanol–water partition coefficient (Wildman–Crippen LogP) is 2.30. The maximum atomic E-state index is 12.2. The van der Waals surface area contributed by atoms with Gasteiger partial charge >= 0.3 is 12.1 Å². The average molecular weight is 414 g/mol. The van der Waals surface area contributed by atoms with Crippen molar-refractivity contribution in [3.05, 3.63) is 11.1 Å². The summed E-state index contributed by atoms with van der Waals surface area (Å²) in [6.07, 6.45) is -0.681. The first-order valence-electron chi connectivity index (χ1n) is 8.51. The zero-order valence-electron chi connectivity index (χ0n) is 17.0. The quantitative estimate of drug-likeness (QED) is 0.398. The van der Waals surface area contributed by atoms with E-state index in [2.05, 4.69) is 20.8 Å². The number of nitrogens with zero attached hydrogens (tertiary/aromatic N) is 2. The zero-order chi connectivity index (χ0) is 21.5. The first kappa shape index (κ1) is 23.3. The van der Waals surface area contributed by atoms with Crippen LogP contribution in [0.5, 0.6) is 0 Å². The molecule has 156 valence electrons. The molecule has 10 nitrogen and oxygen atoms in total. The van der Waals surface area contributed by atoms with E-state index in [9.17, 15) is 14.4 Å². The number of hydrogen-bond acceptors (Lipinski definition) is 9. The smallest absolute Gasteiger partial charge is 0.413 e. The molecule has 2 amide bonds. The van der Waals surface area contributed by atoms with Crippen molar-refractivity contribution < 1.29 is 28.7 Å². The van der Waals surface area contributed by atoms with Gasteiger partial charge in [0.25, 0.3) is 5.91 Å². The van der Waals surface area contributed by atoms with Crippen LogP contribution in [0, 0.1) is 0 Å². The Kier molecular flexibility index (Phi) is 7.91. The summed E-state index contributed by atoms with van der Waals surface area (Å²) in [6, 6.07) is 0. The minimum absolute atomic E-state index is 0.115. The minimum atomic E-state index is -1.32. The third-order valence-corrected chi connectivity index (χ3v) is 3.72. The Labute approximate surface area is 167 Å². The summed E-state index contributed by atoms with van der Waals surface area (Å²) < 4.78 is 10.1. The largest absolute Gasteiger partial charge is 0.461 e. The van der Waals surface area contributed by atoms with E-state index in [-0.39, 0.29) is 23.1 Å². The van der Waals surface area contributed by atoms with Gasteiger partial charge in [0.05, 0.1) is 6.61 Å². The van der Waals surface area contributed by atoms with Crippen molar-refractivity contribution in [3.8, 4) is 0 Å². The van der Waals surface area contributed by atoms with Crippen molar-refractivity contribution in [2.24, 2.45) is 5.16 Å². The van der Waals surface area contributed by atoms with E-state index in [0.29, 0.717) is 0 Å². The maximum absolute atomic E-state index is 12.2. The summed E-state index contributed by atoms with van der Waals surface area (Å²) >= 11 is 1.07. The Balaban J connectivity index is 3.05. The lowest BCUT2D eigenvalue weighted by atomic mass is 10.1. The number of ether oxygens (including phenoxy) is 2. The number of esters is 1. The van der Waals surface area contributed by atoms with Crippen LogP contribution in [0.25, 0.3) is 0 Å². The molecule has 0 aliphatic carbocycles.